The maximum absolute atomic E-state index is 12.0. The van der Waals surface area contributed by atoms with Crippen LogP contribution in [-0.4, -0.2) is 19.4 Å². The van der Waals surface area contributed by atoms with Crippen LogP contribution in [0.15, 0.2) is 0 Å². The predicted molar refractivity (Wildman–Crippen MR) is 35.1 cm³/mol. The first-order valence-electron chi connectivity index (χ1n) is 3.47. The molecule has 0 saturated carbocycles. The molecule has 0 bridgehead atoms. The number of amides is 1. The summed E-state index contributed by atoms with van der Waals surface area (Å²) in [5, 5.41) is 2.36. The van der Waals surface area contributed by atoms with Gasteiger partial charge in [-0.25, -0.2) is 0 Å². The number of carbonyl (C=O) groups excluding carboxylic acids is 1. The Morgan fingerprint density at radius 1 is 1.42 bits per heavy atom. The molecule has 0 radical (unpaired) electrons. The quantitative estimate of drug-likeness (QED) is 0.498. The van der Waals surface area contributed by atoms with Crippen LogP contribution in [0.25, 0.3) is 0 Å². The van der Waals surface area contributed by atoms with Gasteiger partial charge in [-0.2, -0.15) is 0 Å². The van der Waals surface area contributed by atoms with Gasteiger partial charge in [-0.15, -0.1) is 0 Å². The first-order valence-corrected chi connectivity index (χ1v) is 3.47. The molecule has 0 aromatic rings. The molecule has 1 rings (SSSR count). The van der Waals surface area contributed by atoms with E-state index in [0.29, 0.717) is 0 Å². The van der Waals surface area contributed by atoms with Crippen LogP contribution in [-0.2, 0) is 4.79 Å². The van der Waals surface area contributed by atoms with E-state index in [1.54, 1.807) is 0 Å². The third-order valence-electron chi connectivity index (χ3n) is 1.82. The SMILES string of the molecule is O=C1CC([B-](F)(F)F)CCN1.[K+]. The minimum atomic E-state index is -4.82. The summed E-state index contributed by atoms with van der Waals surface area (Å²) >= 11 is 0. The van der Waals surface area contributed by atoms with Gasteiger partial charge in [0.15, 0.2) is 0 Å². The Hall–Kier alpha value is 0.961. The van der Waals surface area contributed by atoms with Crippen molar-refractivity contribution < 1.29 is 69.1 Å². The molecule has 1 amide bonds. The van der Waals surface area contributed by atoms with Crippen molar-refractivity contribution in [3.63, 3.8) is 0 Å². The molecule has 12 heavy (non-hydrogen) atoms. The molecule has 0 aliphatic carbocycles. The number of halogens is 3. The van der Waals surface area contributed by atoms with Crippen LogP contribution < -0.4 is 56.7 Å². The number of nitrogens with one attached hydrogen (secondary N) is 1. The average molecular weight is 205 g/mol. The van der Waals surface area contributed by atoms with Gasteiger partial charge in [0, 0.05) is 13.0 Å². The molecule has 1 aliphatic heterocycles. The number of hydrogen-bond donors (Lipinski definition) is 1. The van der Waals surface area contributed by atoms with Crippen LogP contribution in [0.1, 0.15) is 12.8 Å². The molecule has 0 aromatic carbocycles. The molecule has 64 valence electrons. The van der Waals surface area contributed by atoms with Gasteiger partial charge < -0.3 is 18.3 Å². The predicted octanol–water partition coefficient (Wildman–Crippen LogP) is -1.88. The Bertz CT molecular complexity index is 175. The van der Waals surface area contributed by atoms with Crippen molar-refractivity contribution >= 4 is 12.9 Å². The zero-order valence-corrected chi connectivity index (χ0v) is 9.94. The van der Waals surface area contributed by atoms with E-state index in [1.807, 2.05) is 0 Å². The summed E-state index contributed by atoms with van der Waals surface area (Å²) < 4.78 is 36.0. The number of hydrogen-bond acceptors (Lipinski definition) is 1. The summed E-state index contributed by atoms with van der Waals surface area (Å²) in [6, 6.07) is 0. The normalized spacial score (nSPS) is 24.2. The molecule has 1 aliphatic rings. The second kappa shape index (κ2) is 5.00. The molecule has 1 heterocycles. The van der Waals surface area contributed by atoms with E-state index >= 15 is 0 Å². The van der Waals surface area contributed by atoms with Gasteiger partial charge in [-0.1, -0.05) is 12.2 Å². The molecule has 1 atom stereocenters. The smallest absolute Gasteiger partial charge is 0.449 e. The van der Waals surface area contributed by atoms with Crippen LogP contribution in [0.5, 0.6) is 0 Å². The number of rotatable bonds is 1. The first-order chi connectivity index (χ1) is 5.00. The Morgan fingerprint density at radius 3 is 2.33 bits per heavy atom. The summed E-state index contributed by atoms with van der Waals surface area (Å²) in [6.45, 7) is -4.66. The van der Waals surface area contributed by atoms with Gasteiger partial charge in [0.05, 0.1) is 0 Å². The minimum Gasteiger partial charge on any atom is -0.449 e. The van der Waals surface area contributed by atoms with E-state index in [-0.39, 0.29) is 70.8 Å². The number of piperidine rings is 1. The summed E-state index contributed by atoms with van der Waals surface area (Å²) in [4.78, 5) is 10.5. The van der Waals surface area contributed by atoms with E-state index in [1.165, 1.54) is 0 Å². The van der Waals surface area contributed by atoms with Crippen LogP contribution in [0.4, 0.5) is 12.9 Å². The first kappa shape index (κ1) is 13.0. The molecule has 1 fully saturated rings. The van der Waals surface area contributed by atoms with Crippen LogP contribution in [0.2, 0.25) is 5.82 Å². The molecule has 1 unspecified atom stereocenters. The van der Waals surface area contributed by atoms with Gasteiger partial charge in [-0.3, -0.25) is 4.79 Å². The van der Waals surface area contributed by atoms with E-state index < -0.39 is 18.7 Å². The zero-order chi connectivity index (χ0) is 8.48. The molecular weight excluding hydrogens is 197 g/mol. The largest absolute Gasteiger partial charge is 1.00 e. The Balaban J connectivity index is 0.00000121. The third kappa shape index (κ3) is 3.78. The topological polar surface area (TPSA) is 29.1 Å². The molecule has 1 N–H and O–H groups in total. The van der Waals surface area contributed by atoms with Gasteiger partial charge >= 0.3 is 58.4 Å². The zero-order valence-electron chi connectivity index (χ0n) is 6.82. The molecule has 7 heteroatoms. The molecular formula is C5H8BF3KNO. The molecule has 2 nitrogen and oxygen atoms in total. The number of carbonyl (C=O) groups is 1. The molecule has 1 saturated heterocycles. The van der Waals surface area contributed by atoms with Crippen molar-refractivity contribution in [2.24, 2.45) is 0 Å². The second-order valence-electron chi connectivity index (χ2n) is 2.73. The fourth-order valence-electron chi connectivity index (χ4n) is 1.13. The van der Waals surface area contributed by atoms with Gasteiger partial charge in [0.1, 0.15) is 0 Å². The fraction of sp³-hybridized carbons (Fsp3) is 0.800. The van der Waals surface area contributed by atoms with Crippen molar-refractivity contribution in [1.29, 1.82) is 0 Å². The van der Waals surface area contributed by atoms with E-state index in [2.05, 4.69) is 5.32 Å². The van der Waals surface area contributed by atoms with Gasteiger partial charge in [0.25, 0.3) is 0 Å². The Morgan fingerprint density at radius 2 is 2.00 bits per heavy atom. The van der Waals surface area contributed by atoms with Gasteiger partial charge in [0.2, 0.25) is 5.91 Å². The van der Waals surface area contributed by atoms with Crippen molar-refractivity contribution in [3.05, 3.63) is 0 Å². The maximum Gasteiger partial charge on any atom is 1.00 e. The molecule has 0 aromatic heterocycles. The van der Waals surface area contributed by atoms with Crippen molar-refractivity contribution in [1.82, 2.24) is 5.32 Å². The fourth-order valence-corrected chi connectivity index (χ4v) is 1.13. The second-order valence-corrected chi connectivity index (χ2v) is 2.73. The standard InChI is InChI=1S/C5H8BF3NO.K/c7-6(8,9)4-1-2-10-5(11)3-4;/h4H,1-3H2,(H,10,11);/q-1;+1. The Kier molecular flexibility index (Phi) is 5.40. The van der Waals surface area contributed by atoms with E-state index in [4.69, 9.17) is 0 Å². The monoisotopic (exact) mass is 205 g/mol. The summed E-state index contributed by atoms with van der Waals surface area (Å²) in [5.41, 5.74) is 0. The summed E-state index contributed by atoms with van der Waals surface area (Å²) in [6.07, 6.45) is -0.348. The van der Waals surface area contributed by atoms with Crippen LogP contribution >= 0.6 is 0 Å². The minimum absolute atomic E-state index is 0. The summed E-state index contributed by atoms with van der Waals surface area (Å²) in [5.74, 6) is -1.86. The van der Waals surface area contributed by atoms with Crippen LogP contribution in [0, 0.1) is 0 Å². The van der Waals surface area contributed by atoms with E-state index in [0.717, 1.165) is 0 Å². The average Bonchev–Trinajstić information content (AvgIpc) is 1.86. The van der Waals surface area contributed by atoms with Crippen molar-refractivity contribution in [2.75, 3.05) is 6.54 Å². The summed E-state index contributed by atoms with van der Waals surface area (Å²) in [7, 11) is 0. The van der Waals surface area contributed by atoms with Crippen LogP contribution in [0.3, 0.4) is 0 Å². The van der Waals surface area contributed by atoms with Gasteiger partial charge in [-0.05, 0) is 0 Å². The van der Waals surface area contributed by atoms with Crippen molar-refractivity contribution in [3.8, 4) is 0 Å². The van der Waals surface area contributed by atoms with E-state index in [9.17, 15) is 17.7 Å². The Labute approximate surface area is 111 Å². The van der Waals surface area contributed by atoms with Crippen molar-refractivity contribution in [2.45, 2.75) is 18.7 Å². The molecule has 0 spiro atoms. The maximum atomic E-state index is 12.0. The third-order valence-corrected chi connectivity index (χ3v) is 1.82.